The molecule has 0 saturated carbocycles. The second-order valence-electron chi connectivity index (χ2n) is 5.39. The fraction of sp³-hybridized carbons (Fsp3) is 0.583. The highest BCUT2D eigenvalue weighted by molar-refractivity contribution is 6.00. The van der Waals surface area contributed by atoms with E-state index in [4.69, 9.17) is 0 Å². The van der Waals surface area contributed by atoms with Crippen LogP contribution in [0.2, 0.25) is 0 Å². The summed E-state index contributed by atoms with van der Waals surface area (Å²) in [6, 6.07) is 0. The third-order valence-corrected chi connectivity index (χ3v) is 2.93. The third-order valence-electron chi connectivity index (χ3n) is 2.93. The van der Waals surface area contributed by atoms with Crippen LogP contribution in [0.3, 0.4) is 0 Å². The van der Waals surface area contributed by atoms with Gasteiger partial charge in [-0.1, -0.05) is 0 Å². The second-order valence-corrected chi connectivity index (χ2v) is 5.39. The average Bonchev–Trinajstić information content (AvgIpc) is 2.65. The van der Waals surface area contributed by atoms with Gasteiger partial charge in [0.2, 0.25) is 11.8 Å². The largest absolute Gasteiger partial charge is 0.296 e. The minimum Gasteiger partial charge on any atom is -0.296 e. The summed E-state index contributed by atoms with van der Waals surface area (Å²) in [7, 11) is 0. The highest BCUT2D eigenvalue weighted by Crippen LogP contribution is 2.25. The minimum atomic E-state index is -0.246. The molecule has 1 saturated heterocycles. The Bertz CT molecular complexity index is 457. The Morgan fingerprint density at radius 2 is 2.12 bits per heavy atom. The molecule has 5 heteroatoms. The van der Waals surface area contributed by atoms with Crippen LogP contribution < -0.4 is 5.32 Å². The van der Waals surface area contributed by atoms with Gasteiger partial charge in [0, 0.05) is 18.2 Å². The lowest BCUT2D eigenvalue weighted by Gasteiger charge is -2.21. The lowest BCUT2D eigenvalue weighted by Crippen LogP contribution is -2.39. The molecule has 5 nitrogen and oxygen atoms in total. The van der Waals surface area contributed by atoms with Gasteiger partial charge >= 0.3 is 0 Å². The zero-order chi connectivity index (χ0) is 12.6. The van der Waals surface area contributed by atoms with Gasteiger partial charge in [-0.3, -0.25) is 19.6 Å². The molecule has 2 rings (SSSR count). The number of carbonyl (C=O) groups excluding carboxylic acids is 2. The fourth-order valence-electron chi connectivity index (χ4n) is 1.90. The van der Waals surface area contributed by atoms with Gasteiger partial charge in [0.05, 0.1) is 17.7 Å². The van der Waals surface area contributed by atoms with E-state index >= 15 is 0 Å². The van der Waals surface area contributed by atoms with Crippen molar-refractivity contribution in [3.63, 3.8) is 0 Å². The highest BCUT2D eigenvalue weighted by Gasteiger charge is 2.29. The van der Waals surface area contributed by atoms with Crippen LogP contribution in [-0.4, -0.2) is 21.6 Å². The van der Waals surface area contributed by atoms with Crippen molar-refractivity contribution in [1.29, 1.82) is 0 Å². The lowest BCUT2D eigenvalue weighted by molar-refractivity contribution is -0.134. The molecular formula is C12H17N3O2. The van der Waals surface area contributed by atoms with Crippen LogP contribution in [0.1, 0.15) is 45.1 Å². The Balaban J connectivity index is 2.21. The molecule has 0 spiro atoms. The number of hydrogen-bond donors (Lipinski definition) is 1. The van der Waals surface area contributed by atoms with Gasteiger partial charge in [-0.15, -0.1) is 0 Å². The molecule has 2 amide bonds. The Morgan fingerprint density at radius 1 is 1.41 bits per heavy atom. The standard InChI is InChI=1S/C12H17N3O2/c1-12(2,3)15-7-8(6-13-15)9-4-5-10(16)14-11(9)17/h6-7,9H,4-5H2,1-3H3,(H,14,16,17). The van der Waals surface area contributed by atoms with Crippen LogP contribution in [0, 0.1) is 0 Å². The van der Waals surface area contributed by atoms with Crippen LogP contribution in [0.4, 0.5) is 0 Å². The van der Waals surface area contributed by atoms with E-state index in [0.717, 1.165) is 5.56 Å². The molecule has 1 aliphatic rings. The van der Waals surface area contributed by atoms with E-state index < -0.39 is 0 Å². The highest BCUT2D eigenvalue weighted by atomic mass is 16.2. The number of rotatable bonds is 1. The Kier molecular flexibility index (Phi) is 2.77. The first kappa shape index (κ1) is 11.8. The Labute approximate surface area is 100 Å². The summed E-state index contributed by atoms with van der Waals surface area (Å²) in [6.07, 6.45) is 4.57. The van der Waals surface area contributed by atoms with E-state index in [9.17, 15) is 9.59 Å². The van der Waals surface area contributed by atoms with Gasteiger partial charge in [0.15, 0.2) is 0 Å². The van der Waals surface area contributed by atoms with E-state index in [-0.39, 0.29) is 23.3 Å². The smallest absolute Gasteiger partial charge is 0.234 e. The number of imide groups is 1. The molecule has 1 aromatic heterocycles. The lowest BCUT2D eigenvalue weighted by atomic mass is 9.93. The van der Waals surface area contributed by atoms with Crippen molar-refractivity contribution < 1.29 is 9.59 Å². The SMILES string of the molecule is CC(C)(C)n1cc(C2CCC(=O)NC2=O)cn1. The summed E-state index contributed by atoms with van der Waals surface area (Å²) in [5.41, 5.74) is 0.782. The maximum absolute atomic E-state index is 11.7. The van der Waals surface area contributed by atoms with Crippen LogP contribution in [0.15, 0.2) is 12.4 Å². The van der Waals surface area contributed by atoms with E-state index in [1.807, 2.05) is 31.6 Å². The van der Waals surface area contributed by atoms with Crippen molar-refractivity contribution in [3.05, 3.63) is 18.0 Å². The molecule has 0 radical (unpaired) electrons. The summed E-state index contributed by atoms with van der Waals surface area (Å²) in [6.45, 7) is 6.15. The van der Waals surface area contributed by atoms with Crippen molar-refractivity contribution >= 4 is 11.8 Å². The van der Waals surface area contributed by atoms with Gasteiger partial charge in [0.1, 0.15) is 0 Å². The number of amides is 2. The molecule has 1 aliphatic heterocycles. The summed E-state index contributed by atoms with van der Waals surface area (Å²) in [4.78, 5) is 22.8. The average molecular weight is 235 g/mol. The van der Waals surface area contributed by atoms with Gasteiger partial charge in [-0.05, 0) is 27.2 Å². The number of piperidine rings is 1. The molecule has 1 fully saturated rings. The van der Waals surface area contributed by atoms with Gasteiger partial charge < -0.3 is 0 Å². The Morgan fingerprint density at radius 3 is 2.65 bits per heavy atom. The first-order valence-corrected chi connectivity index (χ1v) is 5.76. The molecule has 1 aromatic rings. The molecule has 0 aliphatic carbocycles. The zero-order valence-corrected chi connectivity index (χ0v) is 10.4. The van der Waals surface area contributed by atoms with Crippen molar-refractivity contribution in [2.24, 2.45) is 0 Å². The van der Waals surface area contributed by atoms with Gasteiger partial charge in [-0.2, -0.15) is 5.10 Å². The molecule has 1 unspecified atom stereocenters. The van der Waals surface area contributed by atoms with E-state index in [0.29, 0.717) is 12.8 Å². The topological polar surface area (TPSA) is 64.0 Å². The molecule has 17 heavy (non-hydrogen) atoms. The van der Waals surface area contributed by atoms with E-state index in [1.165, 1.54) is 0 Å². The number of nitrogens with zero attached hydrogens (tertiary/aromatic N) is 2. The van der Waals surface area contributed by atoms with E-state index in [1.54, 1.807) is 6.20 Å². The molecule has 0 bridgehead atoms. The van der Waals surface area contributed by atoms with Crippen LogP contribution >= 0.6 is 0 Å². The predicted molar refractivity (Wildman–Crippen MR) is 62.3 cm³/mol. The first-order valence-electron chi connectivity index (χ1n) is 5.76. The second kappa shape index (κ2) is 3.98. The monoisotopic (exact) mass is 235 g/mol. The molecular weight excluding hydrogens is 218 g/mol. The number of aromatic nitrogens is 2. The normalized spacial score (nSPS) is 21.5. The van der Waals surface area contributed by atoms with Crippen LogP contribution in [0.5, 0.6) is 0 Å². The van der Waals surface area contributed by atoms with Crippen LogP contribution in [-0.2, 0) is 15.1 Å². The summed E-state index contributed by atoms with van der Waals surface area (Å²) >= 11 is 0. The zero-order valence-electron chi connectivity index (χ0n) is 10.4. The van der Waals surface area contributed by atoms with Gasteiger partial charge in [-0.25, -0.2) is 0 Å². The summed E-state index contributed by atoms with van der Waals surface area (Å²) in [5.74, 6) is -0.645. The summed E-state index contributed by atoms with van der Waals surface area (Å²) < 4.78 is 1.84. The number of nitrogens with one attached hydrogen (secondary N) is 1. The third kappa shape index (κ3) is 2.38. The molecule has 2 heterocycles. The molecule has 1 atom stereocenters. The summed E-state index contributed by atoms with van der Waals surface area (Å²) in [5, 5.41) is 6.63. The van der Waals surface area contributed by atoms with Crippen molar-refractivity contribution in [3.8, 4) is 0 Å². The van der Waals surface area contributed by atoms with Crippen molar-refractivity contribution in [2.45, 2.75) is 45.1 Å². The Hall–Kier alpha value is -1.65. The predicted octanol–water partition coefficient (Wildman–Crippen LogP) is 1.16. The first-order chi connectivity index (χ1) is 7.88. The van der Waals surface area contributed by atoms with E-state index in [2.05, 4.69) is 10.4 Å². The molecule has 0 aromatic carbocycles. The minimum absolute atomic E-state index is 0.0980. The van der Waals surface area contributed by atoms with Crippen molar-refractivity contribution in [1.82, 2.24) is 15.1 Å². The maximum atomic E-state index is 11.7. The fourth-order valence-corrected chi connectivity index (χ4v) is 1.90. The van der Waals surface area contributed by atoms with Gasteiger partial charge in [0.25, 0.3) is 0 Å². The van der Waals surface area contributed by atoms with Crippen LogP contribution in [0.25, 0.3) is 0 Å². The quantitative estimate of drug-likeness (QED) is 0.743. The number of hydrogen-bond acceptors (Lipinski definition) is 3. The van der Waals surface area contributed by atoms with Crippen molar-refractivity contribution in [2.75, 3.05) is 0 Å². The number of carbonyl (C=O) groups is 2. The maximum Gasteiger partial charge on any atom is 0.234 e. The molecule has 1 N–H and O–H groups in total. The molecule has 92 valence electrons.